The number of benzene rings is 1. The van der Waals surface area contributed by atoms with Gasteiger partial charge in [-0.25, -0.2) is 4.79 Å². The lowest BCUT2D eigenvalue weighted by atomic mass is 9.86. The fourth-order valence-electron chi connectivity index (χ4n) is 2.71. The maximum Gasteiger partial charge on any atom is 0.325 e. The van der Waals surface area contributed by atoms with Crippen LogP contribution in [0.15, 0.2) is 18.2 Å². The van der Waals surface area contributed by atoms with Crippen LogP contribution in [0.2, 0.25) is 0 Å². The number of amides is 3. The summed E-state index contributed by atoms with van der Waals surface area (Å²) in [6.07, 6.45) is -0.953. The molecule has 6 heteroatoms. The molecule has 0 bridgehead atoms. The molecule has 1 aromatic rings. The van der Waals surface area contributed by atoms with Crippen LogP contribution in [-0.4, -0.2) is 46.7 Å². The Kier molecular flexibility index (Phi) is 5.14. The van der Waals surface area contributed by atoms with Crippen molar-refractivity contribution in [1.29, 1.82) is 0 Å². The summed E-state index contributed by atoms with van der Waals surface area (Å²) >= 11 is 0. The summed E-state index contributed by atoms with van der Waals surface area (Å²) in [6, 6.07) is 5.48. The Bertz CT molecular complexity index is 676. The predicted molar refractivity (Wildman–Crippen MR) is 95.7 cm³/mol. The second kappa shape index (κ2) is 6.67. The molecule has 0 aromatic heterocycles. The van der Waals surface area contributed by atoms with Gasteiger partial charge in [0, 0.05) is 0 Å². The number of aryl methyl sites for hydroxylation is 1. The summed E-state index contributed by atoms with van der Waals surface area (Å²) in [7, 11) is 0. The van der Waals surface area contributed by atoms with Gasteiger partial charge in [0.25, 0.3) is 5.91 Å². The Balaban J connectivity index is 1.96. The van der Waals surface area contributed by atoms with E-state index in [1.165, 1.54) is 5.56 Å². The van der Waals surface area contributed by atoms with E-state index in [1.54, 1.807) is 13.8 Å². The van der Waals surface area contributed by atoms with E-state index < -0.39 is 17.7 Å². The maximum atomic E-state index is 12.1. The Morgan fingerprint density at radius 2 is 1.92 bits per heavy atom. The number of nitrogens with zero attached hydrogens (tertiary/aromatic N) is 1. The van der Waals surface area contributed by atoms with E-state index in [1.807, 2.05) is 19.1 Å². The van der Waals surface area contributed by atoms with Gasteiger partial charge in [-0.2, -0.15) is 0 Å². The van der Waals surface area contributed by atoms with Gasteiger partial charge in [0.1, 0.15) is 24.0 Å². The van der Waals surface area contributed by atoms with E-state index in [9.17, 15) is 14.7 Å². The molecule has 1 aromatic carbocycles. The number of β-amino-alcohol motifs (C(OH)–C–C–N with tert-alkyl or cyclic N) is 1. The topological polar surface area (TPSA) is 78.9 Å². The van der Waals surface area contributed by atoms with Crippen molar-refractivity contribution in [3.8, 4) is 5.75 Å². The largest absolute Gasteiger partial charge is 0.491 e. The molecule has 2 rings (SSSR count). The molecule has 3 amide bonds. The van der Waals surface area contributed by atoms with Crippen molar-refractivity contribution in [2.45, 2.75) is 58.6 Å². The van der Waals surface area contributed by atoms with Crippen LogP contribution in [0.25, 0.3) is 0 Å². The molecule has 6 nitrogen and oxygen atoms in total. The van der Waals surface area contributed by atoms with Gasteiger partial charge in [0.05, 0.1) is 6.54 Å². The Hall–Kier alpha value is -2.08. The average molecular weight is 348 g/mol. The van der Waals surface area contributed by atoms with E-state index in [4.69, 9.17) is 4.74 Å². The SMILES string of the molecule is Cc1cc(C(C)(C)C)ccc1OC[C@@H](O)CN1C(=O)NC(C)(C)C1=O. The zero-order valence-electron chi connectivity index (χ0n) is 15.8. The van der Waals surface area contributed by atoms with Gasteiger partial charge < -0.3 is 15.2 Å². The molecule has 1 saturated heterocycles. The fraction of sp³-hybridized carbons (Fsp3) is 0.579. The highest BCUT2D eigenvalue weighted by atomic mass is 16.5. The first-order chi connectivity index (χ1) is 11.4. The number of aliphatic hydroxyl groups excluding tert-OH is 1. The number of rotatable bonds is 5. The lowest BCUT2D eigenvalue weighted by molar-refractivity contribution is -0.131. The molecule has 0 aliphatic carbocycles. The first kappa shape index (κ1) is 19.2. The predicted octanol–water partition coefficient (Wildman–Crippen LogP) is 2.36. The summed E-state index contributed by atoms with van der Waals surface area (Å²) in [5.74, 6) is 0.340. The number of imide groups is 1. The molecular weight excluding hydrogens is 320 g/mol. The van der Waals surface area contributed by atoms with Gasteiger partial charge in [0.2, 0.25) is 0 Å². The van der Waals surface area contributed by atoms with Crippen molar-refractivity contribution in [2.75, 3.05) is 13.2 Å². The average Bonchev–Trinajstić information content (AvgIpc) is 2.67. The molecule has 1 atom stereocenters. The van der Waals surface area contributed by atoms with E-state index in [0.717, 1.165) is 10.5 Å². The second-order valence-corrected chi connectivity index (χ2v) is 8.17. The monoisotopic (exact) mass is 348 g/mol. The zero-order chi connectivity index (χ0) is 19.0. The van der Waals surface area contributed by atoms with Crippen LogP contribution in [-0.2, 0) is 10.2 Å². The van der Waals surface area contributed by atoms with Crippen molar-refractivity contribution >= 4 is 11.9 Å². The third kappa shape index (κ3) is 4.31. The number of hydrogen-bond acceptors (Lipinski definition) is 4. The quantitative estimate of drug-likeness (QED) is 0.801. The van der Waals surface area contributed by atoms with Crippen LogP contribution in [0.5, 0.6) is 5.75 Å². The van der Waals surface area contributed by atoms with Crippen LogP contribution in [0.4, 0.5) is 4.79 Å². The highest BCUT2D eigenvalue weighted by Crippen LogP contribution is 2.27. The van der Waals surface area contributed by atoms with Crippen LogP contribution < -0.4 is 10.1 Å². The Labute approximate surface area is 149 Å². The molecule has 0 radical (unpaired) electrons. The maximum absolute atomic E-state index is 12.1. The zero-order valence-corrected chi connectivity index (χ0v) is 15.8. The number of hydrogen-bond donors (Lipinski definition) is 2. The first-order valence-corrected chi connectivity index (χ1v) is 8.48. The Morgan fingerprint density at radius 3 is 2.40 bits per heavy atom. The molecule has 0 unspecified atom stereocenters. The lowest BCUT2D eigenvalue weighted by Gasteiger charge is -2.22. The van der Waals surface area contributed by atoms with Crippen LogP contribution >= 0.6 is 0 Å². The molecule has 0 saturated carbocycles. The number of carbonyl (C=O) groups is 2. The molecule has 138 valence electrons. The van der Waals surface area contributed by atoms with E-state index in [0.29, 0.717) is 5.75 Å². The van der Waals surface area contributed by atoms with Crippen molar-refractivity contribution in [1.82, 2.24) is 10.2 Å². The van der Waals surface area contributed by atoms with Gasteiger partial charge in [0.15, 0.2) is 0 Å². The third-order valence-electron chi connectivity index (χ3n) is 4.31. The smallest absolute Gasteiger partial charge is 0.325 e. The number of ether oxygens (including phenoxy) is 1. The van der Waals surface area contributed by atoms with Gasteiger partial charge in [-0.1, -0.05) is 32.9 Å². The number of urea groups is 1. The minimum atomic E-state index is -0.953. The van der Waals surface area contributed by atoms with Gasteiger partial charge in [-0.15, -0.1) is 0 Å². The second-order valence-electron chi connectivity index (χ2n) is 8.17. The number of nitrogens with one attached hydrogen (secondary N) is 1. The Morgan fingerprint density at radius 1 is 1.28 bits per heavy atom. The molecule has 2 N–H and O–H groups in total. The number of carbonyl (C=O) groups excluding carboxylic acids is 2. The van der Waals surface area contributed by atoms with Crippen molar-refractivity contribution in [3.05, 3.63) is 29.3 Å². The van der Waals surface area contributed by atoms with Crippen molar-refractivity contribution < 1.29 is 19.4 Å². The lowest BCUT2D eigenvalue weighted by Crippen LogP contribution is -2.42. The van der Waals surface area contributed by atoms with Gasteiger partial charge >= 0.3 is 6.03 Å². The van der Waals surface area contributed by atoms with Crippen molar-refractivity contribution in [2.24, 2.45) is 0 Å². The molecule has 1 heterocycles. The highest BCUT2D eigenvalue weighted by molar-refractivity contribution is 6.06. The molecule has 1 aliphatic rings. The minimum absolute atomic E-state index is 0.00714. The summed E-state index contributed by atoms with van der Waals surface area (Å²) in [6.45, 7) is 11.6. The normalized spacial score (nSPS) is 18.3. The summed E-state index contributed by atoms with van der Waals surface area (Å²) in [4.78, 5) is 25.0. The molecule has 1 fully saturated rings. The van der Waals surface area contributed by atoms with Gasteiger partial charge in [-0.3, -0.25) is 9.69 Å². The minimum Gasteiger partial charge on any atom is -0.491 e. The fourth-order valence-corrected chi connectivity index (χ4v) is 2.71. The first-order valence-electron chi connectivity index (χ1n) is 8.48. The van der Waals surface area contributed by atoms with E-state index >= 15 is 0 Å². The number of aliphatic hydroxyl groups is 1. The molecule has 0 spiro atoms. The van der Waals surface area contributed by atoms with E-state index in [2.05, 4.69) is 32.2 Å². The third-order valence-corrected chi connectivity index (χ3v) is 4.31. The molecule has 1 aliphatic heterocycles. The molecule has 25 heavy (non-hydrogen) atoms. The van der Waals surface area contributed by atoms with Crippen LogP contribution in [0, 0.1) is 6.92 Å². The van der Waals surface area contributed by atoms with Gasteiger partial charge in [-0.05, 0) is 43.4 Å². The summed E-state index contributed by atoms with van der Waals surface area (Å²) in [5.41, 5.74) is 1.31. The van der Waals surface area contributed by atoms with E-state index in [-0.39, 0.29) is 24.5 Å². The van der Waals surface area contributed by atoms with Crippen molar-refractivity contribution in [3.63, 3.8) is 0 Å². The molecular formula is C19H28N2O4. The van der Waals surface area contributed by atoms with Crippen LogP contribution in [0.1, 0.15) is 45.7 Å². The summed E-state index contributed by atoms with van der Waals surface area (Å²) < 4.78 is 5.68. The standard InChI is InChI=1S/C19H28N2O4/c1-12-9-13(18(2,3)4)7-8-15(12)25-11-14(22)10-21-16(23)19(5,6)20-17(21)24/h7-9,14,22H,10-11H2,1-6H3,(H,20,24)/t14-/m0/s1. The highest BCUT2D eigenvalue weighted by Gasteiger charge is 2.44. The van der Waals surface area contributed by atoms with Crippen LogP contribution in [0.3, 0.4) is 0 Å². The summed E-state index contributed by atoms with van der Waals surface area (Å²) in [5, 5.41) is 12.7.